The van der Waals surface area contributed by atoms with E-state index in [0.29, 0.717) is 23.8 Å². The highest BCUT2D eigenvalue weighted by atomic mass is 79.9. The van der Waals surface area contributed by atoms with Gasteiger partial charge < -0.3 is 9.47 Å². The fourth-order valence-electron chi connectivity index (χ4n) is 2.97. The van der Waals surface area contributed by atoms with Crippen LogP contribution in [0.3, 0.4) is 0 Å². The van der Waals surface area contributed by atoms with Crippen molar-refractivity contribution in [2.75, 3.05) is 6.61 Å². The van der Waals surface area contributed by atoms with Crippen molar-refractivity contribution < 1.29 is 14.3 Å². The molecule has 0 aliphatic carbocycles. The van der Waals surface area contributed by atoms with Crippen molar-refractivity contribution in [1.29, 1.82) is 0 Å². The van der Waals surface area contributed by atoms with E-state index in [0.717, 1.165) is 39.8 Å². The second-order valence-corrected chi connectivity index (χ2v) is 8.43. The topological polar surface area (TPSA) is 35.5 Å². The van der Waals surface area contributed by atoms with Gasteiger partial charge in [0, 0.05) is 0 Å². The molecule has 31 heavy (non-hydrogen) atoms. The predicted molar refractivity (Wildman–Crippen MR) is 130 cm³/mol. The summed E-state index contributed by atoms with van der Waals surface area (Å²) in [5, 5.41) is 0. The highest BCUT2D eigenvalue weighted by Gasteiger charge is 2.10. The molecule has 0 aliphatic rings. The molecule has 0 aliphatic heterocycles. The van der Waals surface area contributed by atoms with Gasteiger partial charge in [0.05, 0.1) is 16.6 Å². The highest BCUT2D eigenvalue weighted by Crippen LogP contribution is 2.32. The molecule has 0 radical (unpaired) electrons. The maximum atomic E-state index is 12.4. The Labute approximate surface area is 192 Å². The third kappa shape index (κ3) is 6.31. The second-order valence-electron chi connectivity index (χ2n) is 7.57. The number of hydrogen-bond acceptors (Lipinski definition) is 3. The van der Waals surface area contributed by atoms with Gasteiger partial charge in [-0.15, -0.1) is 6.58 Å². The summed E-state index contributed by atoms with van der Waals surface area (Å²) in [6.45, 7) is 8.76. The van der Waals surface area contributed by atoms with Crippen LogP contribution in [0.2, 0.25) is 0 Å². The van der Waals surface area contributed by atoms with E-state index in [1.54, 1.807) is 24.3 Å². The summed E-state index contributed by atoms with van der Waals surface area (Å²) in [5.41, 5.74) is 3.72. The van der Waals surface area contributed by atoms with Crippen molar-refractivity contribution in [1.82, 2.24) is 0 Å². The molecule has 1 unspecified atom stereocenters. The molecule has 160 valence electrons. The van der Waals surface area contributed by atoms with Gasteiger partial charge in [0.2, 0.25) is 0 Å². The van der Waals surface area contributed by atoms with Gasteiger partial charge in [0.1, 0.15) is 11.5 Å². The van der Waals surface area contributed by atoms with E-state index in [9.17, 15) is 4.79 Å². The normalized spacial score (nSPS) is 11.6. The Kier molecular flexibility index (Phi) is 8.07. The number of rotatable bonds is 9. The lowest BCUT2D eigenvalue weighted by Crippen LogP contribution is -2.08. The van der Waals surface area contributed by atoms with Gasteiger partial charge in [0.25, 0.3) is 0 Å². The van der Waals surface area contributed by atoms with E-state index in [1.165, 1.54) is 0 Å². The Hall–Kier alpha value is -2.85. The average molecular weight is 479 g/mol. The zero-order valence-corrected chi connectivity index (χ0v) is 19.5. The summed E-state index contributed by atoms with van der Waals surface area (Å²) in [6.07, 6.45) is 3.70. The second kappa shape index (κ2) is 11.0. The maximum Gasteiger partial charge on any atom is 0.343 e. The van der Waals surface area contributed by atoms with Gasteiger partial charge >= 0.3 is 5.97 Å². The third-order valence-electron chi connectivity index (χ3n) is 5.12. The SMILES string of the molecule is C=CCc1ccc(C(=O)Oc2ccc(-c3ccc(OCC(C)CC)c(Br)c3)cc2)cc1. The number of benzene rings is 3. The van der Waals surface area contributed by atoms with Crippen molar-refractivity contribution in [3.8, 4) is 22.6 Å². The van der Waals surface area contributed by atoms with Crippen molar-refractivity contribution in [2.45, 2.75) is 26.7 Å². The zero-order valence-electron chi connectivity index (χ0n) is 17.9. The lowest BCUT2D eigenvalue weighted by atomic mass is 10.1. The summed E-state index contributed by atoms with van der Waals surface area (Å²) in [5.74, 6) is 1.50. The van der Waals surface area contributed by atoms with Crippen LogP contribution in [-0.2, 0) is 6.42 Å². The predicted octanol–water partition coefficient (Wildman–Crippen LogP) is 7.49. The standard InChI is InChI=1S/C27H27BrO3/c1-4-6-20-7-9-22(10-8-20)27(29)31-24-14-11-21(12-15-24)23-13-16-26(25(28)17-23)30-18-19(3)5-2/h4,7-17,19H,1,5-6,18H2,2-3H3. The summed E-state index contributed by atoms with van der Waals surface area (Å²) in [6, 6.07) is 20.9. The van der Waals surface area contributed by atoms with Crippen LogP contribution < -0.4 is 9.47 Å². The van der Waals surface area contributed by atoms with Crippen LogP contribution >= 0.6 is 15.9 Å². The van der Waals surface area contributed by atoms with E-state index in [4.69, 9.17) is 9.47 Å². The number of halogens is 1. The molecule has 0 bridgehead atoms. The van der Waals surface area contributed by atoms with Crippen LogP contribution in [0.1, 0.15) is 36.2 Å². The molecule has 0 aromatic heterocycles. The molecule has 0 N–H and O–H groups in total. The van der Waals surface area contributed by atoms with Gasteiger partial charge in [-0.25, -0.2) is 4.79 Å². The minimum atomic E-state index is -0.372. The van der Waals surface area contributed by atoms with E-state index >= 15 is 0 Å². The highest BCUT2D eigenvalue weighted by molar-refractivity contribution is 9.10. The summed E-state index contributed by atoms with van der Waals surface area (Å²) in [7, 11) is 0. The molecule has 0 fully saturated rings. The van der Waals surface area contributed by atoms with Crippen molar-refractivity contribution >= 4 is 21.9 Å². The number of carbonyl (C=O) groups excluding carboxylic acids is 1. The monoisotopic (exact) mass is 478 g/mol. The first-order valence-corrected chi connectivity index (χ1v) is 11.2. The Morgan fingerprint density at radius 2 is 1.71 bits per heavy atom. The first kappa shape index (κ1) is 22.8. The maximum absolute atomic E-state index is 12.4. The van der Waals surface area contributed by atoms with Crippen LogP contribution in [0.15, 0.2) is 83.9 Å². The molecule has 3 aromatic rings. The molecule has 3 aromatic carbocycles. The molecule has 3 nitrogen and oxygen atoms in total. The van der Waals surface area contributed by atoms with Crippen LogP contribution in [0.4, 0.5) is 0 Å². The zero-order chi connectivity index (χ0) is 22.2. The number of allylic oxidation sites excluding steroid dienone is 1. The van der Waals surface area contributed by atoms with E-state index in [1.807, 2.05) is 48.5 Å². The van der Waals surface area contributed by atoms with E-state index < -0.39 is 0 Å². The average Bonchev–Trinajstić information content (AvgIpc) is 2.79. The van der Waals surface area contributed by atoms with Crippen LogP contribution in [-0.4, -0.2) is 12.6 Å². The van der Waals surface area contributed by atoms with Gasteiger partial charge in [-0.3, -0.25) is 0 Å². The van der Waals surface area contributed by atoms with Crippen molar-refractivity contribution in [3.63, 3.8) is 0 Å². The number of esters is 1. The molecule has 1 atom stereocenters. The van der Waals surface area contributed by atoms with Crippen molar-refractivity contribution in [3.05, 3.63) is 95.0 Å². The molecule has 0 amide bonds. The van der Waals surface area contributed by atoms with Crippen LogP contribution in [0, 0.1) is 5.92 Å². The minimum absolute atomic E-state index is 0.372. The van der Waals surface area contributed by atoms with Crippen LogP contribution in [0.25, 0.3) is 11.1 Å². The van der Waals surface area contributed by atoms with Gasteiger partial charge in [0.15, 0.2) is 0 Å². The summed E-state index contributed by atoms with van der Waals surface area (Å²) < 4.78 is 12.3. The molecule has 3 rings (SSSR count). The largest absolute Gasteiger partial charge is 0.492 e. The number of carbonyl (C=O) groups is 1. The molecular weight excluding hydrogens is 452 g/mol. The van der Waals surface area contributed by atoms with Crippen LogP contribution in [0.5, 0.6) is 11.5 Å². The Morgan fingerprint density at radius 1 is 1.03 bits per heavy atom. The lowest BCUT2D eigenvalue weighted by Gasteiger charge is -2.13. The van der Waals surface area contributed by atoms with Gasteiger partial charge in [-0.05, 0) is 81.4 Å². The molecular formula is C27H27BrO3. The quantitative estimate of drug-likeness (QED) is 0.181. The Bertz CT molecular complexity index is 1020. The van der Waals surface area contributed by atoms with Gasteiger partial charge in [-0.2, -0.15) is 0 Å². The molecule has 0 saturated carbocycles. The van der Waals surface area contributed by atoms with E-state index in [-0.39, 0.29) is 5.97 Å². The molecule has 0 spiro atoms. The Balaban J connectivity index is 1.65. The summed E-state index contributed by atoms with van der Waals surface area (Å²) in [4.78, 5) is 12.4. The molecule has 4 heteroatoms. The van der Waals surface area contributed by atoms with E-state index in [2.05, 4.69) is 36.4 Å². The Morgan fingerprint density at radius 3 is 2.32 bits per heavy atom. The summed E-state index contributed by atoms with van der Waals surface area (Å²) >= 11 is 3.60. The lowest BCUT2D eigenvalue weighted by molar-refractivity contribution is 0.0735. The third-order valence-corrected chi connectivity index (χ3v) is 5.74. The number of ether oxygens (including phenoxy) is 2. The van der Waals surface area contributed by atoms with Gasteiger partial charge in [-0.1, -0.05) is 56.7 Å². The minimum Gasteiger partial charge on any atom is -0.492 e. The fourth-order valence-corrected chi connectivity index (χ4v) is 3.47. The molecule has 0 saturated heterocycles. The first-order chi connectivity index (χ1) is 15.0. The fraction of sp³-hybridized carbons (Fsp3) is 0.222. The number of hydrogen-bond donors (Lipinski definition) is 0. The first-order valence-electron chi connectivity index (χ1n) is 10.4. The smallest absolute Gasteiger partial charge is 0.343 e. The van der Waals surface area contributed by atoms with Crippen molar-refractivity contribution in [2.24, 2.45) is 5.92 Å². The molecule has 0 heterocycles.